The van der Waals surface area contributed by atoms with Crippen LogP contribution in [0, 0.1) is 0 Å². The molecule has 1 heterocycles. The fourth-order valence-corrected chi connectivity index (χ4v) is 3.72. The minimum atomic E-state index is -0.0922. The molecule has 1 saturated heterocycles. The summed E-state index contributed by atoms with van der Waals surface area (Å²) in [7, 11) is 0. The minimum Gasteiger partial charge on any atom is -0.372 e. The first kappa shape index (κ1) is 20.9. The number of carbonyl (C=O) groups excluding carboxylic acids is 2. The number of amides is 2. The Kier molecular flexibility index (Phi) is 7.28. The van der Waals surface area contributed by atoms with E-state index in [1.165, 1.54) is 30.5 Å². The summed E-state index contributed by atoms with van der Waals surface area (Å²) in [5, 5.41) is 2.91. The van der Waals surface area contributed by atoms with Gasteiger partial charge in [-0.3, -0.25) is 9.59 Å². The molecule has 0 aromatic heterocycles. The van der Waals surface area contributed by atoms with Gasteiger partial charge in [-0.2, -0.15) is 0 Å². The van der Waals surface area contributed by atoms with Gasteiger partial charge in [-0.25, -0.2) is 0 Å². The van der Waals surface area contributed by atoms with Gasteiger partial charge < -0.3 is 15.1 Å². The lowest BCUT2D eigenvalue weighted by atomic mass is 10.1. The number of hydrogen-bond donors (Lipinski definition) is 1. The third kappa shape index (κ3) is 5.83. The lowest BCUT2D eigenvalue weighted by molar-refractivity contribution is -0.117. The van der Waals surface area contributed by atoms with Crippen molar-refractivity contribution in [1.29, 1.82) is 0 Å². The molecule has 1 aliphatic rings. The standard InChI is InChI=1S/C24H31N3O2/c1-3-20-7-9-21(10-8-20)25-24(29)15-18-27(19(2)28)23-13-11-22(12-14-23)26-16-5-4-6-17-26/h7-14H,3-6,15-18H2,1-2H3,(H,25,29). The first-order valence-electron chi connectivity index (χ1n) is 10.6. The van der Waals surface area contributed by atoms with E-state index in [-0.39, 0.29) is 18.2 Å². The number of rotatable bonds is 7. The number of nitrogens with zero attached hydrogens (tertiary/aromatic N) is 2. The third-order valence-electron chi connectivity index (χ3n) is 5.47. The third-order valence-corrected chi connectivity index (χ3v) is 5.47. The van der Waals surface area contributed by atoms with Crippen LogP contribution in [0.5, 0.6) is 0 Å². The Morgan fingerprint density at radius 2 is 1.62 bits per heavy atom. The van der Waals surface area contributed by atoms with Crippen molar-refractivity contribution >= 4 is 28.9 Å². The Morgan fingerprint density at radius 3 is 2.21 bits per heavy atom. The SMILES string of the molecule is CCc1ccc(NC(=O)CCN(C(C)=O)c2ccc(N3CCCCC3)cc2)cc1. The highest BCUT2D eigenvalue weighted by atomic mass is 16.2. The second-order valence-corrected chi connectivity index (χ2v) is 7.58. The molecule has 2 aromatic carbocycles. The first-order valence-corrected chi connectivity index (χ1v) is 10.6. The average molecular weight is 394 g/mol. The summed E-state index contributed by atoms with van der Waals surface area (Å²) in [5.74, 6) is -0.152. The van der Waals surface area contributed by atoms with E-state index < -0.39 is 0 Å². The van der Waals surface area contributed by atoms with E-state index in [1.54, 1.807) is 11.8 Å². The van der Waals surface area contributed by atoms with Gasteiger partial charge in [0.2, 0.25) is 11.8 Å². The van der Waals surface area contributed by atoms with Crippen LogP contribution < -0.4 is 15.1 Å². The molecule has 5 nitrogen and oxygen atoms in total. The Balaban J connectivity index is 1.57. The zero-order valence-electron chi connectivity index (χ0n) is 17.5. The van der Waals surface area contributed by atoms with Gasteiger partial charge in [0.15, 0.2) is 0 Å². The molecule has 1 aliphatic heterocycles. The Hall–Kier alpha value is -2.82. The second-order valence-electron chi connectivity index (χ2n) is 7.58. The maximum absolute atomic E-state index is 12.3. The predicted octanol–water partition coefficient (Wildman–Crippen LogP) is 4.62. The second kappa shape index (κ2) is 10.1. The Labute approximate surface area is 173 Å². The van der Waals surface area contributed by atoms with E-state index in [0.717, 1.165) is 30.9 Å². The monoisotopic (exact) mass is 393 g/mol. The largest absolute Gasteiger partial charge is 0.372 e. The van der Waals surface area contributed by atoms with Gasteiger partial charge in [0.05, 0.1) is 0 Å². The molecule has 5 heteroatoms. The van der Waals surface area contributed by atoms with Crippen LogP contribution in [0.3, 0.4) is 0 Å². The summed E-state index contributed by atoms with van der Waals surface area (Å²) in [5.41, 5.74) is 4.05. The summed E-state index contributed by atoms with van der Waals surface area (Å²) in [6.07, 6.45) is 4.99. The summed E-state index contributed by atoms with van der Waals surface area (Å²) < 4.78 is 0. The predicted molar refractivity (Wildman–Crippen MR) is 120 cm³/mol. The molecule has 1 fully saturated rings. The Bertz CT molecular complexity index is 809. The summed E-state index contributed by atoms with van der Waals surface area (Å²) in [6, 6.07) is 16.0. The smallest absolute Gasteiger partial charge is 0.226 e. The number of anilines is 3. The van der Waals surface area contributed by atoms with Gasteiger partial charge in [0.1, 0.15) is 0 Å². The molecule has 0 unspecified atom stereocenters. The van der Waals surface area contributed by atoms with Gasteiger partial charge in [0.25, 0.3) is 0 Å². The van der Waals surface area contributed by atoms with Crippen molar-refractivity contribution in [3.8, 4) is 0 Å². The molecule has 2 aromatic rings. The highest BCUT2D eigenvalue weighted by Gasteiger charge is 2.15. The first-order chi connectivity index (χ1) is 14.1. The summed E-state index contributed by atoms with van der Waals surface area (Å²) in [4.78, 5) is 28.5. The van der Waals surface area contributed by atoms with E-state index in [0.29, 0.717) is 6.54 Å². The van der Waals surface area contributed by atoms with E-state index in [4.69, 9.17) is 0 Å². The van der Waals surface area contributed by atoms with Crippen molar-refractivity contribution in [2.75, 3.05) is 34.8 Å². The molecule has 2 amide bonds. The zero-order valence-corrected chi connectivity index (χ0v) is 17.5. The molecule has 0 aliphatic carbocycles. The molecule has 1 N–H and O–H groups in total. The lowest BCUT2D eigenvalue weighted by Gasteiger charge is -2.29. The normalized spacial score (nSPS) is 13.8. The van der Waals surface area contributed by atoms with Crippen molar-refractivity contribution < 1.29 is 9.59 Å². The fraction of sp³-hybridized carbons (Fsp3) is 0.417. The zero-order chi connectivity index (χ0) is 20.6. The van der Waals surface area contributed by atoms with Crippen LogP contribution in [0.4, 0.5) is 17.1 Å². The molecular weight excluding hydrogens is 362 g/mol. The molecule has 0 bridgehead atoms. The molecule has 29 heavy (non-hydrogen) atoms. The van der Waals surface area contributed by atoms with Gasteiger partial charge >= 0.3 is 0 Å². The number of carbonyl (C=O) groups is 2. The molecule has 0 atom stereocenters. The average Bonchev–Trinajstić information content (AvgIpc) is 2.75. The fourth-order valence-electron chi connectivity index (χ4n) is 3.72. The van der Waals surface area contributed by atoms with Crippen LogP contribution in [0.25, 0.3) is 0 Å². The van der Waals surface area contributed by atoms with Crippen molar-refractivity contribution in [1.82, 2.24) is 0 Å². The lowest BCUT2D eigenvalue weighted by Crippen LogP contribution is -2.32. The van der Waals surface area contributed by atoms with E-state index >= 15 is 0 Å². The highest BCUT2D eigenvalue weighted by molar-refractivity contribution is 5.94. The highest BCUT2D eigenvalue weighted by Crippen LogP contribution is 2.24. The number of aryl methyl sites for hydroxylation is 1. The van der Waals surface area contributed by atoms with Crippen LogP contribution in [0.15, 0.2) is 48.5 Å². The van der Waals surface area contributed by atoms with Gasteiger partial charge in [-0.1, -0.05) is 19.1 Å². The van der Waals surface area contributed by atoms with E-state index in [2.05, 4.69) is 29.3 Å². The topological polar surface area (TPSA) is 52.7 Å². The van der Waals surface area contributed by atoms with Gasteiger partial charge in [-0.05, 0) is 67.6 Å². The quantitative estimate of drug-likeness (QED) is 0.747. The number of piperidine rings is 1. The van der Waals surface area contributed by atoms with E-state index in [1.807, 2.05) is 36.4 Å². The summed E-state index contributed by atoms with van der Waals surface area (Å²) >= 11 is 0. The maximum Gasteiger partial charge on any atom is 0.226 e. The van der Waals surface area contributed by atoms with Crippen LogP contribution in [-0.4, -0.2) is 31.4 Å². The van der Waals surface area contributed by atoms with Crippen LogP contribution in [0.1, 0.15) is 45.1 Å². The number of benzene rings is 2. The number of nitrogens with one attached hydrogen (secondary N) is 1. The molecule has 3 rings (SSSR count). The minimum absolute atomic E-state index is 0.0594. The van der Waals surface area contributed by atoms with Crippen LogP contribution in [-0.2, 0) is 16.0 Å². The van der Waals surface area contributed by atoms with Gasteiger partial charge in [0, 0.05) is 50.0 Å². The van der Waals surface area contributed by atoms with Crippen LogP contribution in [0.2, 0.25) is 0 Å². The van der Waals surface area contributed by atoms with Crippen molar-refractivity contribution in [3.63, 3.8) is 0 Å². The van der Waals surface area contributed by atoms with E-state index in [9.17, 15) is 9.59 Å². The summed E-state index contributed by atoms with van der Waals surface area (Å²) in [6.45, 7) is 6.19. The van der Waals surface area contributed by atoms with Crippen molar-refractivity contribution in [2.24, 2.45) is 0 Å². The van der Waals surface area contributed by atoms with Crippen molar-refractivity contribution in [3.05, 3.63) is 54.1 Å². The maximum atomic E-state index is 12.3. The van der Waals surface area contributed by atoms with Crippen molar-refractivity contribution in [2.45, 2.75) is 46.0 Å². The number of hydrogen-bond acceptors (Lipinski definition) is 3. The van der Waals surface area contributed by atoms with Gasteiger partial charge in [-0.15, -0.1) is 0 Å². The van der Waals surface area contributed by atoms with Crippen LogP contribution >= 0.6 is 0 Å². The molecule has 0 spiro atoms. The Morgan fingerprint density at radius 1 is 0.966 bits per heavy atom. The molecule has 0 radical (unpaired) electrons. The molecule has 0 saturated carbocycles. The molecular formula is C24H31N3O2. The molecule has 154 valence electrons.